The maximum Gasteiger partial charge on any atom is 0.254 e. The molecule has 0 atom stereocenters. The third-order valence-corrected chi connectivity index (χ3v) is 4.95. The van der Waals surface area contributed by atoms with Gasteiger partial charge < -0.3 is 15.1 Å². The van der Waals surface area contributed by atoms with Crippen molar-refractivity contribution in [2.75, 3.05) is 44.3 Å². The molecule has 0 unspecified atom stereocenters. The van der Waals surface area contributed by atoms with E-state index in [1.807, 2.05) is 23.1 Å². The minimum Gasteiger partial charge on any atom is -0.336 e. The SMILES string of the molecule is CN1CCN(C(=O)c2ccc3c(c2)NC(=O)CCS3)CC1. The van der Waals surface area contributed by atoms with Gasteiger partial charge in [0.1, 0.15) is 0 Å². The highest BCUT2D eigenvalue weighted by Crippen LogP contribution is 2.31. The second kappa shape index (κ2) is 6.07. The van der Waals surface area contributed by atoms with E-state index in [9.17, 15) is 9.59 Å². The minimum absolute atomic E-state index is 0.0189. The van der Waals surface area contributed by atoms with Gasteiger partial charge in [-0.1, -0.05) is 0 Å². The fourth-order valence-electron chi connectivity index (χ4n) is 2.55. The van der Waals surface area contributed by atoms with Gasteiger partial charge in [-0.2, -0.15) is 0 Å². The molecule has 1 aromatic carbocycles. The van der Waals surface area contributed by atoms with Crippen LogP contribution >= 0.6 is 11.8 Å². The summed E-state index contributed by atoms with van der Waals surface area (Å²) in [6, 6.07) is 5.62. The number of fused-ring (bicyclic) bond motifs is 1. The van der Waals surface area contributed by atoms with Gasteiger partial charge in [0.05, 0.1) is 5.69 Å². The van der Waals surface area contributed by atoms with E-state index in [4.69, 9.17) is 0 Å². The smallest absolute Gasteiger partial charge is 0.254 e. The number of hydrogen-bond acceptors (Lipinski definition) is 4. The maximum absolute atomic E-state index is 12.5. The van der Waals surface area contributed by atoms with Gasteiger partial charge in [0.25, 0.3) is 5.91 Å². The van der Waals surface area contributed by atoms with Gasteiger partial charge in [-0.25, -0.2) is 0 Å². The molecule has 2 heterocycles. The molecule has 0 spiro atoms. The van der Waals surface area contributed by atoms with E-state index in [1.54, 1.807) is 11.8 Å². The van der Waals surface area contributed by atoms with Crippen LogP contribution in [0, 0.1) is 0 Å². The molecule has 0 bridgehead atoms. The Hall–Kier alpha value is -1.53. The van der Waals surface area contributed by atoms with Crippen LogP contribution in [0.1, 0.15) is 16.8 Å². The van der Waals surface area contributed by atoms with E-state index >= 15 is 0 Å². The van der Waals surface area contributed by atoms with Crippen LogP contribution in [0.3, 0.4) is 0 Å². The highest BCUT2D eigenvalue weighted by atomic mass is 32.2. The highest BCUT2D eigenvalue weighted by molar-refractivity contribution is 7.99. The second-order valence-electron chi connectivity index (χ2n) is 5.45. The van der Waals surface area contributed by atoms with Crippen LogP contribution in [-0.4, -0.2) is 60.6 Å². The first-order chi connectivity index (χ1) is 10.1. The summed E-state index contributed by atoms with van der Waals surface area (Å²) in [7, 11) is 2.07. The summed E-state index contributed by atoms with van der Waals surface area (Å²) in [5.74, 6) is 0.852. The van der Waals surface area contributed by atoms with Crippen molar-refractivity contribution in [2.24, 2.45) is 0 Å². The summed E-state index contributed by atoms with van der Waals surface area (Å²) in [6.07, 6.45) is 0.515. The number of piperazine rings is 1. The number of carbonyl (C=O) groups is 2. The van der Waals surface area contributed by atoms with Gasteiger partial charge in [-0.3, -0.25) is 9.59 Å². The van der Waals surface area contributed by atoms with Gasteiger partial charge in [0.15, 0.2) is 0 Å². The van der Waals surface area contributed by atoms with Crippen molar-refractivity contribution in [1.82, 2.24) is 9.80 Å². The number of amides is 2. The Labute approximate surface area is 128 Å². The molecule has 0 aliphatic carbocycles. The van der Waals surface area contributed by atoms with Crippen molar-refractivity contribution in [3.63, 3.8) is 0 Å². The van der Waals surface area contributed by atoms with Crippen LogP contribution in [0.25, 0.3) is 0 Å². The molecule has 21 heavy (non-hydrogen) atoms. The van der Waals surface area contributed by atoms with E-state index in [2.05, 4.69) is 17.3 Å². The van der Waals surface area contributed by atoms with E-state index in [1.165, 1.54) is 0 Å². The molecular weight excluding hydrogens is 286 g/mol. The second-order valence-corrected chi connectivity index (χ2v) is 6.59. The van der Waals surface area contributed by atoms with E-state index in [0.29, 0.717) is 12.0 Å². The van der Waals surface area contributed by atoms with Crippen LogP contribution in [0.4, 0.5) is 5.69 Å². The van der Waals surface area contributed by atoms with Gasteiger partial charge in [0.2, 0.25) is 5.91 Å². The summed E-state index contributed by atoms with van der Waals surface area (Å²) < 4.78 is 0. The highest BCUT2D eigenvalue weighted by Gasteiger charge is 2.22. The summed E-state index contributed by atoms with van der Waals surface area (Å²) in [5.41, 5.74) is 1.42. The molecule has 5 nitrogen and oxygen atoms in total. The zero-order valence-corrected chi connectivity index (χ0v) is 12.9. The molecule has 0 aromatic heterocycles. The Morgan fingerprint density at radius 2 is 2.00 bits per heavy atom. The van der Waals surface area contributed by atoms with Crippen LogP contribution in [0.2, 0.25) is 0 Å². The van der Waals surface area contributed by atoms with Crippen LogP contribution < -0.4 is 5.32 Å². The predicted octanol–water partition coefficient (Wildman–Crippen LogP) is 1.51. The van der Waals surface area contributed by atoms with Crippen LogP contribution in [0.5, 0.6) is 0 Å². The molecule has 2 amide bonds. The third kappa shape index (κ3) is 3.22. The van der Waals surface area contributed by atoms with Gasteiger partial charge in [0, 0.05) is 48.8 Å². The van der Waals surface area contributed by atoms with Crippen molar-refractivity contribution >= 4 is 29.3 Å². The topological polar surface area (TPSA) is 52.6 Å². The van der Waals surface area contributed by atoms with Crippen molar-refractivity contribution < 1.29 is 9.59 Å². The maximum atomic E-state index is 12.5. The molecule has 6 heteroatoms. The third-order valence-electron chi connectivity index (χ3n) is 3.88. The Morgan fingerprint density at radius 3 is 2.76 bits per heavy atom. The molecule has 2 aliphatic rings. The van der Waals surface area contributed by atoms with Gasteiger partial charge >= 0.3 is 0 Å². The Balaban J connectivity index is 1.79. The quantitative estimate of drug-likeness (QED) is 0.854. The predicted molar refractivity (Wildman–Crippen MR) is 83.8 cm³/mol. The van der Waals surface area contributed by atoms with Crippen LogP contribution in [0.15, 0.2) is 23.1 Å². The summed E-state index contributed by atoms with van der Waals surface area (Å²) in [6.45, 7) is 3.33. The van der Waals surface area contributed by atoms with Crippen molar-refractivity contribution in [3.8, 4) is 0 Å². The molecule has 1 aromatic rings. The molecule has 1 fully saturated rings. The fourth-order valence-corrected chi connectivity index (χ4v) is 3.48. The van der Waals surface area contributed by atoms with Crippen molar-refractivity contribution in [2.45, 2.75) is 11.3 Å². The van der Waals surface area contributed by atoms with Crippen LogP contribution in [-0.2, 0) is 4.79 Å². The lowest BCUT2D eigenvalue weighted by Gasteiger charge is -2.32. The molecule has 2 aliphatic heterocycles. The first-order valence-electron chi connectivity index (χ1n) is 7.18. The number of hydrogen-bond donors (Lipinski definition) is 1. The molecule has 3 rings (SSSR count). The molecule has 1 N–H and O–H groups in total. The van der Waals surface area contributed by atoms with Gasteiger partial charge in [-0.05, 0) is 25.2 Å². The molecule has 112 valence electrons. The zero-order valence-electron chi connectivity index (χ0n) is 12.1. The number of nitrogens with one attached hydrogen (secondary N) is 1. The standard InChI is InChI=1S/C15H19N3O2S/c1-17-5-7-18(8-6-17)15(20)11-2-3-13-12(10-11)16-14(19)4-9-21-13/h2-3,10H,4-9H2,1H3,(H,16,19). The van der Waals surface area contributed by atoms with Crippen molar-refractivity contribution in [1.29, 1.82) is 0 Å². The van der Waals surface area contributed by atoms with Gasteiger partial charge in [-0.15, -0.1) is 11.8 Å². The summed E-state index contributed by atoms with van der Waals surface area (Å²) in [4.78, 5) is 29.3. The lowest BCUT2D eigenvalue weighted by atomic mass is 10.1. The largest absolute Gasteiger partial charge is 0.336 e. The number of likely N-dealkylation sites (N-methyl/N-ethyl adjacent to an activating group) is 1. The molecule has 0 radical (unpaired) electrons. The average Bonchev–Trinajstić information content (AvgIpc) is 2.67. The molecular formula is C15H19N3O2S. The van der Waals surface area contributed by atoms with E-state index in [0.717, 1.165) is 42.5 Å². The molecule has 1 saturated heterocycles. The van der Waals surface area contributed by atoms with E-state index in [-0.39, 0.29) is 11.8 Å². The summed E-state index contributed by atoms with van der Waals surface area (Å²) >= 11 is 1.65. The summed E-state index contributed by atoms with van der Waals surface area (Å²) in [5, 5.41) is 2.89. The normalized spacial score (nSPS) is 19.7. The number of benzene rings is 1. The lowest BCUT2D eigenvalue weighted by molar-refractivity contribution is -0.115. The number of nitrogens with zero attached hydrogens (tertiary/aromatic N) is 2. The monoisotopic (exact) mass is 305 g/mol. The lowest BCUT2D eigenvalue weighted by Crippen LogP contribution is -2.47. The Kier molecular flexibility index (Phi) is 4.17. The number of carbonyl (C=O) groups excluding carboxylic acids is 2. The Bertz CT molecular complexity index is 568. The Morgan fingerprint density at radius 1 is 1.24 bits per heavy atom. The first-order valence-corrected chi connectivity index (χ1v) is 8.16. The number of thioether (sulfide) groups is 1. The number of rotatable bonds is 1. The van der Waals surface area contributed by atoms with Crippen molar-refractivity contribution in [3.05, 3.63) is 23.8 Å². The minimum atomic E-state index is 0.0189. The fraction of sp³-hybridized carbons (Fsp3) is 0.467. The molecule has 0 saturated carbocycles. The number of anilines is 1. The average molecular weight is 305 g/mol. The zero-order chi connectivity index (χ0) is 14.8. The van der Waals surface area contributed by atoms with E-state index < -0.39 is 0 Å². The first kappa shape index (κ1) is 14.4.